The van der Waals surface area contributed by atoms with Gasteiger partial charge in [0.25, 0.3) is 0 Å². The minimum Gasteiger partial charge on any atom is -0.305 e. The number of rotatable bonds is 5. The molecule has 1 atom stereocenters. The highest BCUT2D eigenvalue weighted by atomic mass is 32.2. The van der Waals surface area contributed by atoms with E-state index in [9.17, 15) is 8.42 Å². The SMILES string of the molecule is CCCCS(=O)(=O)NC1CCCN(C)C1. The fourth-order valence-electron chi connectivity index (χ4n) is 1.91. The van der Waals surface area contributed by atoms with Crippen molar-refractivity contribution in [2.45, 2.75) is 38.6 Å². The third kappa shape index (κ3) is 4.95. The van der Waals surface area contributed by atoms with Crippen LogP contribution in [0.3, 0.4) is 0 Å². The van der Waals surface area contributed by atoms with Gasteiger partial charge in [-0.15, -0.1) is 0 Å². The summed E-state index contributed by atoms with van der Waals surface area (Å²) in [6.07, 6.45) is 3.72. The summed E-state index contributed by atoms with van der Waals surface area (Å²) >= 11 is 0. The van der Waals surface area contributed by atoms with E-state index in [4.69, 9.17) is 0 Å². The molecule has 15 heavy (non-hydrogen) atoms. The van der Waals surface area contributed by atoms with Crippen LogP contribution in [-0.4, -0.2) is 45.2 Å². The Balaban J connectivity index is 2.39. The van der Waals surface area contributed by atoms with Gasteiger partial charge in [-0.2, -0.15) is 0 Å². The van der Waals surface area contributed by atoms with E-state index in [1.807, 2.05) is 14.0 Å². The highest BCUT2D eigenvalue weighted by Gasteiger charge is 2.21. The molecular weight excluding hydrogens is 212 g/mol. The number of likely N-dealkylation sites (tertiary alicyclic amines) is 1. The van der Waals surface area contributed by atoms with Crippen molar-refractivity contribution in [2.24, 2.45) is 0 Å². The normalized spacial score (nSPS) is 24.3. The Kier molecular flexibility index (Phi) is 5.02. The first-order valence-electron chi connectivity index (χ1n) is 5.72. The van der Waals surface area contributed by atoms with Gasteiger partial charge in [0.1, 0.15) is 0 Å². The molecule has 1 saturated heterocycles. The number of sulfonamides is 1. The summed E-state index contributed by atoms with van der Waals surface area (Å²) in [6, 6.07) is 0.116. The molecule has 1 unspecified atom stereocenters. The smallest absolute Gasteiger partial charge is 0.211 e. The number of nitrogens with one attached hydrogen (secondary N) is 1. The fourth-order valence-corrected chi connectivity index (χ4v) is 3.40. The summed E-state index contributed by atoms with van der Waals surface area (Å²) in [5.41, 5.74) is 0. The number of unbranched alkanes of at least 4 members (excludes halogenated alkanes) is 1. The zero-order valence-electron chi connectivity index (χ0n) is 9.70. The second kappa shape index (κ2) is 5.82. The highest BCUT2D eigenvalue weighted by Crippen LogP contribution is 2.09. The van der Waals surface area contributed by atoms with E-state index in [0.29, 0.717) is 0 Å². The average Bonchev–Trinajstić information content (AvgIpc) is 2.14. The molecule has 0 aromatic rings. The van der Waals surface area contributed by atoms with Gasteiger partial charge in [0.2, 0.25) is 10.0 Å². The van der Waals surface area contributed by atoms with Crippen LogP contribution >= 0.6 is 0 Å². The number of hydrogen-bond donors (Lipinski definition) is 1. The lowest BCUT2D eigenvalue weighted by Crippen LogP contribution is -2.46. The number of likely N-dealkylation sites (N-methyl/N-ethyl adjacent to an activating group) is 1. The van der Waals surface area contributed by atoms with Crippen LogP contribution in [0.1, 0.15) is 32.6 Å². The molecule has 0 radical (unpaired) electrons. The lowest BCUT2D eigenvalue weighted by molar-refractivity contribution is 0.242. The maximum absolute atomic E-state index is 11.6. The standard InChI is InChI=1S/C10H22N2O2S/c1-3-4-8-15(13,14)11-10-6-5-7-12(2)9-10/h10-11H,3-9H2,1-2H3. The average molecular weight is 234 g/mol. The Hall–Kier alpha value is -0.130. The van der Waals surface area contributed by atoms with Gasteiger partial charge in [0, 0.05) is 12.6 Å². The maximum Gasteiger partial charge on any atom is 0.211 e. The molecule has 0 aliphatic carbocycles. The summed E-state index contributed by atoms with van der Waals surface area (Å²) in [5.74, 6) is 0.268. The molecule has 5 heteroatoms. The lowest BCUT2D eigenvalue weighted by Gasteiger charge is -2.29. The maximum atomic E-state index is 11.6. The molecule has 1 aliphatic heterocycles. The van der Waals surface area contributed by atoms with Gasteiger partial charge in [-0.3, -0.25) is 0 Å². The topological polar surface area (TPSA) is 49.4 Å². The first-order valence-corrected chi connectivity index (χ1v) is 7.37. The molecule has 0 bridgehead atoms. The van der Waals surface area contributed by atoms with Crippen LogP contribution in [0.4, 0.5) is 0 Å². The van der Waals surface area contributed by atoms with Crippen molar-refractivity contribution < 1.29 is 8.42 Å². The van der Waals surface area contributed by atoms with Gasteiger partial charge in [0.15, 0.2) is 0 Å². The van der Waals surface area contributed by atoms with E-state index in [0.717, 1.165) is 38.8 Å². The summed E-state index contributed by atoms with van der Waals surface area (Å²) < 4.78 is 26.1. The summed E-state index contributed by atoms with van der Waals surface area (Å²) in [7, 11) is -1.01. The Morgan fingerprint density at radius 2 is 2.20 bits per heavy atom. The summed E-state index contributed by atoms with van der Waals surface area (Å²) in [5, 5.41) is 0. The van der Waals surface area contributed by atoms with Crippen LogP contribution < -0.4 is 4.72 Å². The van der Waals surface area contributed by atoms with Crippen molar-refractivity contribution in [2.75, 3.05) is 25.9 Å². The Morgan fingerprint density at radius 3 is 2.80 bits per heavy atom. The molecule has 4 nitrogen and oxygen atoms in total. The van der Waals surface area contributed by atoms with Gasteiger partial charge in [0.05, 0.1) is 5.75 Å². The molecule has 0 spiro atoms. The van der Waals surface area contributed by atoms with E-state index in [1.54, 1.807) is 0 Å². The molecule has 1 aliphatic rings. The van der Waals surface area contributed by atoms with Crippen LogP contribution in [0.2, 0.25) is 0 Å². The number of nitrogens with zero attached hydrogens (tertiary/aromatic N) is 1. The van der Waals surface area contributed by atoms with Gasteiger partial charge in [-0.1, -0.05) is 13.3 Å². The minimum absolute atomic E-state index is 0.116. The van der Waals surface area contributed by atoms with Crippen molar-refractivity contribution in [3.05, 3.63) is 0 Å². The molecule has 1 fully saturated rings. The fraction of sp³-hybridized carbons (Fsp3) is 1.00. The zero-order chi connectivity index (χ0) is 11.3. The minimum atomic E-state index is -3.04. The summed E-state index contributed by atoms with van der Waals surface area (Å²) in [6.45, 7) is 3.92. The molecule has 1 heterocycles. The van der Waals surface area contributed by atoms with Gasteiger partial charge in [-0.05, 0) is 32.9 Å². The van der Waals surface area contributed by atoms with E-state index >= 15 is 0 Å². The third-order valence-electron chi connectivity index (χ3n) is 2.74. The van der Waals surface area contributed by atoms with Gasteiger partial charge < -0.3 is 4.90 Å². The predicted molar refractivity (Wildman–Crippen MR) is 62.3 cm³/mol. The van der Waals surface area contributed by atoms with Crippen molar-refractivity contribution >= 4 is 10.0 Å². The molecule has 0 amide bonds. The molecule has 1 N–H and O–H groups in total. The van der Waals surface area contributed by atoms with Crippen molar-refractivity contribution in [3.8, 4) is 0 Å². The lowest BCUT2D eigenvalue weighted by atomic mass is 10.1. The van der Waals surface area contributed by atoms with E-state index < -0.39 is 10.0 Å². The molecule has 0 aromatic heterocycles. The Bertz CT molecular complexity index is 277. The molecule has 0 aromatic carbocycles. The van der Waals surface area contributed by atoms with Gasteiger partial charge in [-0.25, -0.2) is 13.1 Å². The van der Waals surface area contributed by atoms with Crippen LogP contribution in [0.25, 0.3) is 0 Å². The zero-order valence-corrected chi connectivity index (χ0v) is 10.5. The van der Waals surface area contributed by atoms with E-state index in [-0.39, 0.29) is 11.8 Å². The van der Waals surface area contributed by atoms with Crippen molar-refractivity contribution in [1.29, 1.82) is 0 Å². The Morgan fingerprint density at radius 1 is 1.47 bits per heavy atom. The second-order valence-corrected chi connectivity index (χ2v) is 6.27. The first kappa shape index (κ1) is 12.9. The van der Waals surface area contributed by atoms with Gasteiger partial charge >= 0.3 is 0 Å². The molecular formula is C10H22N2O2S. The number of hydrogen-bond acceptors (Lipinski definition) is 3. The van der Waals surface area contributed by atoms with Crippen LogP contribution in [0.15, 0.2) is 0 Å². The van der Waals surface area contributed by atoms with Crippen LogP contribution in [0.5, 0.6) is 0 Å². The van der Waals surface area contributed by atoms with E-state index in [1.165, 1.54) is 0 Å². The largest absolute Gasteiger partial charge is 0.305 e. The predicted octanol–water partition coefficient (Wildman–Crippen LogP) is 0.800. The van der Waals surface area contributed by atoms with Crippen molar-refractivity contribution in [1.82, 2.24) is 9.62 Å². The third-order valence-corrected chi connectivity index (χ3v) is 4.26. The first-order chi connectivity index (χ1) is 7.03. The Labute approximate surface area is 93.1 Å². The van der Waals surface area contributed by atoms with Crippen molar-refractivity contribution in [3.63, 3.8) is 0 Å². The quantitative estimate of drug-likeness (QED) is 0.765. The number of piperidine rings is 1. The van der Waals surface area contributed by atoms with Crippen LogP contribution in [-0.2, 0) is 10.0 Å². The molecule has 1 rings (SSSR count). The highest BCUT2D eigenvalue weighted by molar-refractivity contribution is 7.89. The molecule has 0 saturated carbocycles. The molecule has 90 valence electrons. The monoisotopic (exact) mass is 234 g/mol. The van der Waals surface area contributed by atoms with E-state index in [2.05, 4.69) is 9.62 Å². The summed E-state index contributed by atoms with van der Waals surface area (Å²) in [4.78, 5) is 2.18. The van der Waals surface area contributed by atoms with Crippen LogP contribution in [0, 0.1) is 0 Å². The second-order valence-electron chi connectivity index (χ2n) is 4.39.